The van der Waals surface area contributed by atoms with E-state index in [1.54, 1.807) is 4.90 Å². The van der Waals surface area contributed by atoms with Gasteiger partial charge in [-0.2, -0.15) is 9.40 Å². The molecule has 134 valence electrons. The number of nitrogens with zero attached hydrogens (tertiary/aromatic N) is 4. The zero-order valence-electron chi connectivity index (χ0n) is 13.6. The van der Waals surface area contributed by atoms with Gasteiger partial charge < -0.3 is 4.90 Å². The van der Waals surface area contributed by atoms with Gasteiger partial charge in [-0.3, -0.25) is 4.79 Å². The van der Waals surface area contributed by atoms with E-state index in [4.69, 9.17) is 11.6 Å². The van der Waals surface area contributed by atoms with Crippen LogP contribution in [0.2, 0.25) is 5.02 Å². The van der Waals surface area contributed by atoms with Gasteiger partial charge in [0.05, 0.1) is 6.42 Å². The number of aromatic amines is 1. The highest BCUT2D eigenvalue weighted by atomic mass is 35.5. The zero-order valence-corrected chi connectivity index (χ0v) is 15.2. The minimum atomic E-state index is -3.69. The molecule has 2 heterocycles. The minimum Gasteiger partial charge on any atom is -0.340 e. The van der Waals surface area contributed by atoms with E-state index in [1.165, 1.54) is 4.31 Å². The summed E-state index contributed by atoms with van der Waals surface area (Å²) in [7, 11) is -3.69. The number of sulfonamides is 1. The fourth-order valence-corrected chi connectivity index (χ4v) is 4.23. The largest absolute Gasteiger partial charge is 0.340 e. The highest BCUT2D eigenvalue weighted by Gasteiger charge is 2.31. The second kappa shape index (κ2) is 7.11. The van der Waals surface area contributed by atoms with Crippen LogP contribution in [0.15, 0.2) is 29.7 Å². The maximum absolute atomic E-state index is 12.5. The number of piperazine rings is 1. The predicted molar refractivity (Wildman–Crippen MR) is 91.6 cm³/mol. The molecule has 25 heavy (non-hydrogen) atoms. The maximum Gasteiger partial charge on any atom is 0.278 e. The van der Waals surface area contributed by atoms with E-state index in [0.29, 0.717) is 18.1 Å². The molecule has 1 saturated heterocycles. The second-order valence-electron chi connectivity index (χ2n) is 5.85. The third-order valence-electron chi connectivity index (χ3n) is 4.12. The summed E-state index contributed by atoms with van der Waals surface area (Å²) in [6.45, 7) is 3.03. The molecule has 0 saturated carbocycles. The van der Waals surface area contributed by atoms with Gasteiger partial charge in [-0.05, 0) is 24.1 Å². The van der Waals surface area contributed by atoms with Crippen LogP contribution in [-0.2, 0) is 21.2 Å². The molecule has 1 N–H and O–H groups in total. The van der Waals surface area contributed by atoms with Crippen molar-refractivity contribution in [3.8, 4) is 0 Å². The smallest absolute Gasteiger partial charge is 0.278 e. The number of aromatic nitrogens is 3. The van der Waals surface area contributed by atoms with Gasteiger partial charge in [-0.15, -0.1) is 0 Å². The molecule has 10 heteroatoms. The molecule has 1 aromatic heterocycles. The van der Waals surface area contributed by atoms with Crippen molar-refractivity contribution >= 4 is 27.5 Å². The fourth-order valence-electron chi connectivity index (χ4n) is 2.69. The van der Waals surface area contributed by atoms with Crippen molar-refractivity contribution in [3.63, 3.8) is 0 Å². The molecule has 0 spiro atoms. The van der Waals surface area contributed by atoms with Crippen molar-refractivity contribution < 1.29 is 13.2 Å². The van der Waals surface area contributed by atoms with Gasteiger partial charge in [0.1, 0.15) is 6.33 Å². The first-order valence-electron chi connectivity index (χ1n) is 7.76. The molecule has 0 atom stereocenters. The van der Waals surface area contributed by atoms with Crippen LogP contribution in [0.25, 0.3) is 0 Å². The Labute approximate surface area is 150 Å². The Kier molecular flexibility index (Phi) is 5.07. The zero-order chi connectivity index (χ0) is 18.0. The van der Waals surface area contributed by atoms with Crippen molar-refractivity contribution in [1.82, 2.24) is 24.4 Å². The summed E-state index contributed by atoms with van der Waals surface area (Å²) in [4.78, 5) is 17.8. The summed E-state index contributed by atoms with van der Waals surface area (Å²) in [5, 5.41) is 6.32. The molecule has 3 rings (SSSR count). The Hall–Kier alpha value is -1.97. The van der Waals surface area contributed by atoms with E-state index in [2.05, 4.69) is 15.2 Å². The van der Waals surface area contributed by atoms with Crippen LogP contribution in [-0.4, -0.2) is 64.9 Å². The lowest BCUT2D eigenvalue weighted by Crippen LogP contribution is -2.51. The Balaban J connectivity index is 1.61. The number of rotatable bonds is 4. The van der Waals surface area contributed by atoms with Gasteiger partial charge in [-0.25, -0.2) is 18.5 Å². The van der Waals surface area contributed by atoms with Gasteiger partial charge in [-0.1, -0.05) is 23.7 Å². The first-order valence-corrected chi connectivity index (χ1v) is 9.58. The Bertz CT molecular complexity index is 861. The van der Waals surface area contributed by atoms with E-state index < -0.39 is 10.0 Å². The molecule has 8 nitrogen and oxygen atoms in total. The average molecular weight is 384 g/mol. The van der Waals surface area contributed by atoms with Gasteiger partial charge in [0.25, 0.3) is 15.2 Å². The summed E-state index contributed by atoms with van der Waals surface area (Å²) in [6.07, 6.45) is 1.35. The third-order valence-corrected chi connectivity index (χ3v) is 6.20. The fraction of sp³-hybridized carbons (Fsp3) is 0.400. The summed E-state index contributed by atoms with van der Waals surface area (Å²) in [5.41, 5.74) is 1.81. The second-order valence-corrected chi connectivity index (χ2v) is 8.11. The Morgan fingerprint density at radius 2 is 2.00 bits per heavy atom. The molecule has 0 aliphatic carbocycles. The van der Waals surface area contributed by atoms with Gasteiger partial charge in [0, 0.05) is 31.2 Å². The number of carbonyl (C=O) groups is 1. The standard InChI is InChI=1S/C15H18ClN5O3S/c1-11-2-3-12(13(16)8-11)9-14(22)20-4-6-21(7-5-20)25(23,24)15-17-10-18-19-15/h2-3,8,10H,4-7,9H2,1H3,(H,17,18,19). The topological polar surface area (TPSA) is 99.3 Å². The van der Waals surface area contributed by atoms with Crippen LogP contribution in [0.3, 0.4) is 0 Å². The predicted octanol–water partition coefficient (Wildman–Crippen LogP) is 0.842. The first kappa shape index (κ1) is 17.8. The number of hydrogen-bond donors (Lipinski definition) is 1. The van der Waals surface area contributed by atoms with Crippen LogP contribution in [0.1, 0.15) is 11.1 Å². The number of hydrogen-bond acceptors (Lipinski definition) is 5. The Morgan fingerprint density at radius 1 is 1.28 bits per heavy atom. The van der Waals surface area contributed by atoms with Crippen molar-refractivity contribution in [2.24, 2.45) is 0 Å². The van der Waals surface area contributed by atoms with E-state index in [9.17, 15) is 13.2 Å². The summed E-state index contributed by atoms with van der Waals surface area (Å²) in [6, 6.07) is 5.59. The Morgan fingerprint density at radius 3 is 2.60 bits per heavy atom. The summed E-state index contributed by atoms with van der Waals surface area (Å²) >= 11 is 6.18. The number of benzene rings is 1. The van der Waals surface area contributed by atoms with Crippen molar-refractivity contribution in [2.75, 3.05) is 26.2 Å². The van der Waals surface area contributed by atoms with E-state index in [0.717, 1.165) is 17.5 Å². The average Bonchev–Trinajstić information content (AvgIpc) is 3.13. The van der Waals surface area contributed by atoms with Gasteiger partial charge >= 0.3 is 0 Å². The molecular weight excluding hydrogens is 366 g/mol. The molecule has 2 aromatic rings. The number of H-pyrrole nitrogens is 1. The number of halogens is 1. The number of nitrogens with one attached hydrogen (secondary N) is 1. The molecule has 1 aliphatic heterocycles. The van der Waals surface area contributed by atoms with E-state index in [-0.39, 0.29) is 30.6 Å². The summed E-state index contributed by atoms with van der Waals surface area (Å²) < 4.78 is 26.0. The van der Waals surface area contributed by atoms with Crippen LogP contribution in [0, 0.1) is 6.92 Å². The molecule has 0 bridgehead atoms. The lowest BCUT2D eigenvalue weighted by Gasteiger charge is -2.33. The minimum absolute atomic E-state index is 0.0672. The monoisotopic (exact) mass is 383 g/mol. The lowest BCUT2D eigenvalue weighted by molar-refractivity contribution is -0.131. The third kappa shape index (κ3) is 3.83. The molecular formula is C15H18ClN5O3S. The number of aryl methyl sites for hydroxylation is 1. The molecule has 1 aromatic carbocycles. The molecule has 1 amide bonds. The SMILES string of the molecule is Cc1ccc(CC(=O)N2CCN(S(=O)(=O)c3ncn[nH]3)CC2)c(Cl)c1. The quantitative estimate of drug-likeness (QED) is 0.843. The number of amides is 1. The van der Waals surface area contributed by atoms with Gasteiger partial charge in [0.15, 0.2) is 0 Å². The number of carbonyl (C=O) groups excluding carboxylic acids is 1. The highest BCUT2D eigenvalue weighted by Crippen LogP contribution is 2.20. The molecule has 0 unspecified atom stereocenters. The molecule has 0 radical (unpaired) electrons. The molecule has 1 aliphatic rings. The van der Waals surface area contributed by atoms with Crippen LogP contribution in [0.4, 0.5) is 0 Å². The maximum atomic E-state index is 12.5. The van der Waals surface area contributed by atoms with Crippen LogP contribution >= 0.6 is 11.6 Å². The normalized spacial score (nSPS) is 16.2. The van der Waals surface area contributed by atoms with Crippen LogP contribution in [0.5, 0.6) is 0 Å². The van der Waals surface area contributed by atoms with E-state index in [1.807, 2.05) is 25.1 Å². The van der Waals surface area contributed by atoms with Crippen LogP contribution < -0.4 is 0 Å². The lowest BCUT2D eigenvalue weighted by atomic mass is 10.1. The van der Waals surface area contributed by atoms with Crippen molar-refractivity contribution in [2.45, 2.75) is 18.5 Å². The summed E-state index contributed by atoms with van der Waals surface area (Å²) in [5.74, 6) is -0.0672. The first-order chi connectivity index (χ1) is 11.9. The van der Waals surface area contributed by atoms with Crippen molar-refractivity contribution in [3.05, 3.63) is 40.7 Å². The van der Waals surface area contributed by atoms with E-state index >= 15 is 0 Å². The molecule has 1 fully saturated rings. The highest BCUT2D eigenvalue weighted by molar-refractivity contribution is 7.88. The van der Waals surface area contributed by atoms with Gasteiger partial charge in [0.2, 0.25) is 5.91 Å². The van der Waals surface area contributed by atoms with Crippen molar-refractivity contribution in [1.29, 1.82) is 0 Å².